The van der Waals surface area contributed by atoms with Crippen LogP contribution in [0.3, 0.4) is 0 Å². The Hall–Kier alpha value is -2.45. The van der Waals surface area contributed by atoms with Crippen LogP contribution in [-0.4, -0.2) is 32.2 Å². The number of amides is 1. The number of carbonyl (C=O) groups excluding carboxylic acids is 2. The lowest BCUT2D eigenvalue weighted by atomic mass is 9.92. The molecule has 0 atom stereocenters. The first kappa shape index (κ1) is 21.1. The Morgan fingerprint density at radius 1 is 1.06 bits per heavy atom. The van der Waals surface area contributed by atoms with Gasteiger partial charge in [-0.1, -0.05) is 42.1 Å². The van der Waals surface area contributed by atoms with Crippen LogP contribution in [0.2, 0.25) is 0 Å². The van der Waals surface area contributed by atoms with E-state index in [4.69, 9.17) is 0 Å². The van der Waals surface area contributed by atoms with Gasteiger partial charge >= 0.3 is 0 Å². The van der Waals surface area contributed by atoms with Gasteiger partial charge in [0.2, 0.25) is 5.91 Å². The molecule has 33 heavy (non-hydrogen) atoms. The molecule has 1 aromatic carbocycles. The van der Waals surface area contributed by atoms with Crippen LogP contribution >= 0.6 is 23.1 Å². The maximum atomic E-state index is 13.4. The Bertz CT molecular complexity index is 1210. The minimum atomic E-state index is -0.0981. The molecule has 2 heterocycles. The number of aromatic nitrogens is 3. The SMILES string of the molecule is O=C(CSc1nnc(C2CC2)n1C1CC1)Nc1sc2c(c1C(=O)c1ccccc1)CCCC2. The average molecular weight is 479 g/mol. The molecule has 0 saturated heterocycles. The number of thioether (sulfide) groups is 1. The van der Waals surface area contributed by atoms with Crippen LogP contribution in [0, 0.1) is 0 Å². The number of thiophene rings is 1. The Morgan fingerprint density at radius 3 is 2.61 bits per heavy atom. The molecule has 3 aliphatic carbocycles. The summed E-state index contributed by atoms with van der Waals surface area (Å²) in [5.74, 6) is 1.81. The molecule has 0 aliphatic heterocycles. The summed E-state index contributed by atoms with van der Waals surface area (Å²) in [4.78, 5) is 27.6. The second-order valence-electron chi connectivity index (χ2n) is 9.16. The maximum Gasteiger partial charge on any atom is 0.235 e. The molecule has 2 saturated carbocycles. The summed E-state index contributed by atoms with van der Waals surface area (Å²) in [6.45, 7) is 0. The van der Waals surface area contributed by atoms with E-state index in [1.807, 2.05) is 30.3 Å². The third kappa shape index (κ3) is 4.26. The summed E-state index contributed by atoms with van der Waals surface area (Å²) in [5, 5.41) is 13.5. The number of rotatable bonds is 8. The van der Waals surface area contributed by atoms with E-state index in [0.717, 1.165) is 42.2 Å². The van der Waals surface area contributed by atoms with Crippen LogP contribution in [0.5, 0.6) is 0 Å². The van der Waals surface area contributed by atoms with Crippen molar-refractivity contribution in [2.45, 2.75) is 68.5 Å². The summed E-state index contributed by atoms with van der Waals surface area (Å²) < 4.78 is 2.27. The molecule has 0 radical (unpaired) electrons. The highest BCUT2D eigenvalue weighted by molar-refractivity contribution is 7.99. The van der Waals surface area contributed by atoms with Gasteiger partial charge in [0.1, 0.15) is 10.8 Å². The summed E-state index contributed by atoms with van der Waals surface area (Å²) in [6, 6.07) is 9.87. The van der Waals surface area contributed by atoms with E-state index in [0.29, 0.717) is 28.1 Å². The summed E-state index contributed by atoms with van der Waals surface area (Å²) in [6.07, 6.45) is 8.83. The van der Waals surface area contributed by atoms with Gasteiger partial charge in [-0.15, -0.1) is 21.5 Å². The molecule has 1 N–H and O–H groups in total. The number of ketones is 1. The number of anilines is 1. The number of nitrogens with zero attached hydrogens (tertiary/aromatic N) is 3. The lowest BCUT2D eigenvalue weighted by molar-refractivity contribution is -0.113. The van der Waals surface area contributed by atoms with Crippen LogP contribution in [0.15, 0.2) is 35.5 Å². The highest BCUT2D eigenvalue weighted by Crippen LogP contribution is 2.46. The van der Waals surface area contributed by atoms with Gasteiger partial charge in [0, 0.05) is 22.4 Å². The summed E-state index contributed by atoms with van der Waals surface area (Å²) in [5.41, 5.74) is 2.49. The molecular formula is C25H26N4O2S2. The van der Waals surface area contributed by atoms with E-state index in [2.05, 4.69) is 20.1 Å². The van der Waals surface area contributed by atoms with E-state index >= 15 is 0 Å². The van der Waals surface area contributed by atoms with Crippen LogP contribution in [0.25, 0.3) is 0 Å². The van der Waals surface area contributed by atoms with Crippen LogP contribution in [-0.2, 0) is 17.6 Å². The fraction of sp³-hybridized carbons (Fsp3) is 0.440. The molecule has 170 valence electrons. The van der Waals surface area contributed by atoms with E-state index in [9.17, 15) is 9.59 Å². The van der Waals surface area contributed by atoms with Crippen LogP contribution < -0.4 is 5.32 Å². The molecule has 0 bridgehead atoms. The second kappa shape index (κ2) is 8.72. The minimum absolute atomic E-state index is 0.000467. The predicted octanol–water partition coefficient (Wildman–Crippen LogP) is 5.39. The van der Waals surface area contributed by atoms with Gasteiger partial charge in [0.25, 0.3) is 0 Å². The second-order valence-corrected chi connectivity index (χ2v) is 11.2. The Balaban J connectivity index is 1.21. The molecule has 0 spiro atoms. The van der Waals surface area contributed by atoms with Crippen molar-refractivity contribution in [1.29, 1.82) is 0 Å². The zero-order valence-corrected chi connectivity index (χ0v) is 20.0. The van der Waals surface area contributed by atoms with Crippen molar-refractivity contribution in [3.63, 3.8) is 0 Å². The van der Waals surface area contributed by atoms with E-state index in [1.165, 1.54) is 42.3 Å². The van der Waals surface area contributed by atoms with Gasteiger partial charge in [-0.2, -0.15) is 0 Å². The van der Waals surface area contributed by atoms with Gasteiger partial charge in [0.15, 0.2) is 10.9 Å². The lowest BCUT2D eigenvalue weighted by Crippen LogP contribution is -2.17. The van der Waals surface area contributed by atoms with Crippen molar-refractivity contribution < 1.29 is 9.59 Å². The quantitative estimate of drug-likeness (QED) is 0.347. The van der Waals surface area contributed by atoms with E-state index in [-0.39, 0.29) is 17.4 Å². The summed E-state index contributed by atoms with van der Waals surface area (Å²) >= 11 is 3.03. The number of nitrogens with one attached hydrogen (secondary N) is 1. The Labute approximate surface area is 201 Å². The van der Waals surface area contributed by atoms with Gasteiger partial charge < -0.3 is 9.88 Å². The van der Waals surface area contributed by atoms with E-state index in [1.54, 1.807) is 11.3 Å². The topological polar surface area (TPSA) is 76.9 Å². The first-order valence-electron chi connectivity index (χ1n) is 11.8. The molecule has 2 aromatic heterocycles. The zero-order valence-electron chi connectivity index (χ0n) is 18.4. The van der Waals surface area contributed by atoms with Gasteiger partial charge in [-0.05, 0) is 56.9 Å². The summed E-state index contributed by atoms with van der Waals surface area (Å²) in [7, 11) is 0. The molecule has 8 heteroatoms. The largest absolute Gasteiger partial charge is 0.316 e. The van der Waals surface area contributed by atoms with E-state index < -0.39 is 0 Å². The van der Waals surface area contributed by atoms with Crippen LogP contribution in [0.1, 0.15) is 82.7 Å². The molecular weight excluding hydrogens is 452 g/mol. The number of hydrogen-bond acceptors (Lipinski definition) is 6. The lowest BCUT2D eigenvalue weighted by Gasteiger charge is -2.12. The number of fused-ring (bicyclic) bond motifs is 1. The predicted molar refractivity (Wildman–Crippen MR) is 130 cm³/mol. The monoisotopic (exact) mass is 478 g/mol. The molecule has 6 rings (SSSR count). The normalized spacial score (nSPS) is 17.6. The highest BCUT2D eigenvalue weighted by atomic mass is 32.2. The molecule has 3 aliphatic rings. The number of hydrogen-bond donors (Lipinski definition) is 1. The molecule has 1 amide bonds. The Morgan fingerprint density at radius 2 is 1.85 bits per heavy atom. The smallest absolute Gasteiger partial charge is 0.235 e. The van der Waals surface area contributed by atoms with Crippen molar-refractivity contribution in [3.8, 4) is 0 Å². The van der Waals surface area contributed by atoms with Crippen molar-refractivity contribution in [2.24, 2.45) is 0 Å². The average Bonchev–Trinajstić information content (AvgIpc) is 3.78. The third-order valence-corrected chi connectivity index (χ3v) is 8.72. The van der Waals surface area contributed by atoms with Gasteiger partial charge in [0.05, 0.1) is 11.3 Å². The fourth-order valence-corrected chi connectivity index (χ4v) is 6.72. The van der Waals surface area contributed by atoms with Gasteiger partial charge in [-0.25, -0.2) is 0 Å². The highest BCUT2D eigenvalue weighted by Gasteiger charge is 2.36. The first-order valence-corrected chi connectivity index (χ1v) is 13.6. The maximum absolute atomic E-state index is 13.4. The molecule has 2 fully saturated rings. The standard InChI is InChI=1S/C25H26N4O2S2/c30-20(14-32-25-28-27-23(16-10-11-16)29(25)17-12-13-17)26-24-21(18-8-4-5-9-19(18)33-24)22(31)15-6-2-1-3-7-15/h1-3,6-7,16-17H,4-5,8-14H2,(H,26,30). The number of benzene rings is 1. The molecule has 6 nitrogen and oxygen atoms in total. The number of carbonyl (C=O) groups is 2. The van der Waals surface area contributed by atoms with Crippen molar-refractivity contribution in [1.82, 2.24) is 14.8 Å². The Kier molecular flexibility index (Phi) is 5.58. The minimum Gasteiger partial charge on any atom is -0.316 e. The fourth-order valence-electron chi connectivity index (χ4n) is 4.60. The van der Waals surface area contributed by atoms with Crippen molar-refractivity contribution in [2.75, 3.05) is 11.1 Å². The zero-order chi connectivity index (χ0) is 22.4. The molecule has 0 unspecified atom stereocenters. The number of aryl methyl sites for hydroxylation is 1. The van der Waals surface area contributed by atoms with Gasteiger partial charge in [-0.3, -0.25) is 9.59 Å². The van der Waals surface area contributed by atoms with Crippen molar-refractivity contribution >= 4 is 39.8 Å². The van der Waals surface area contributed by atoms with Crippen molar-refractivity contribution in [3.05, 3.63) is 57.7 Å². The molecule has 3 aromatic rings. The third-order valence-electron chi connectivity index (χ3n) is 6.57. The first-order chi connectivity index (χ1) is 16.2. The van der Waals surface area contributed by atoms with Crippen LogP contribution in [0.4, 0.5) is 5.00 Å².